The number of anilines is 1. The Kier molecular flexibility index (Phi) is 2.58. The van der Waals surface area contributed by atoms with Crippen molar-refractivity contribution in [1.29, 1.82) is 0 Å². The average molecular weight is 163 g/mol. The minimum absolute atomic E-state index is 0.299. The number of aldehydes is 1. The van der Waals surface area contributed by atoms with Gasteiger partial charge in [-0.3, -0.25) is 9.59 Å². The first-order chi connectivity index (χ1) is 5.75. The molecule has 1 aromatic rings. The molecule has 0 spiro atoms. The lowest BCUT2D eigenvalue weighted by molar-refractivity contribution is -0.129. The van der Waals surface area contributed by atoms with Crippen LogP contribution in [0.4, 0.5) is 5.69 Å². The standard InChI is InChI=1S/C9H9NO2/c1-10(9(12)7-11)8-5-3-2-4-6-8/h2-7H,1H3. The van der Waals surface area contributed by atoms with Crippen LogP contribution in [-0.2, 0) is 9.59 Å². The highest BCUT2D eigenvalue weighted by atomic mass is 16.2. The van der Waals surface area contributed by atoms with Crippen LogP contribution in [-0.4, -0.2) is 19.2 Å². The lowest BCUT2D eigenvalue weighted by Crippen LogP contribution is -2.26. The largest absolute Gasteiger partial charge is 0.309 e. The summed E-state index contributed by atoms with van der Waals surface area (Å²) in [5.74, 6) is -0.541. The van der Waals surface area contributed by atoms with Gasteiger partial charge in [0, 0.05) is 12.7 Å². The van der Waals surface area contributed by atoms with E-state index in [2.05, 4.69) is 0 Å². The van der Waals surface area contributed by atoms with Gasteiger partial charge < -0.3 is 4.90 Å². The Hall–Kier alpha value is -1.64. The molecule has 0 radical (unpaired) electrons. The van der Waals surface area contributed by atoms with Gasteiger partial charge in [-0.05, 0) is 12.1 Å². The molecule has 0 bridgehead atoms. The van der Waals surface area contributed by atoms with E-state index < -0.39 is 5.91 Å². The van der Waals surface area contributed by atoms with Crippen LogP contribution in [0.1, 0.15) is 0 Å². The summed E-state index contributed by atoms with van der Waals surface area (Å²) in [6.07, 6.45) is 0.299. The molecule has 0 unspecified atom stereocenters. The molecule has 0 aliphatic carbocycles. The molecule has 3 heteroatoms. The van der Waals surface area contributed by atoms with Crippen LogP contribution in [0, 0.1) is 0 Å². The number of carbonyl (C=O) groups is 2. The van der Waals surface area contributed by atoms with Crippen molar-refractivity contribution >= 4 is 17.9 Å². The number of para-hydroxylation sites is 1. The maximum Gasteiger partial charge on any atom is 0.290 e. The summed E-state index contributed by atoms with van der Waals surface area (Å²) in [5, 5.41) is 0. The van der Waals surface area contributed by atoms with Gasteiger partial charge in [0.25, 0.3) is 5.91 Å². The summed E-state index contributed by atoms with van der Waals surface area (Å²) < 4.78 is 0. The third kappa shape index (κ3) is 1.69. The molecule has 0 fully saturated rings. The summed E-state index contributed by atoms with van der Waals surface area (Å²) in [6.45, 7) is 0. The molecular formula is C9H9NO2. The summed E-state index contributed by atoms with van der Waals surface area (Å²) in [7, 11) is 1.56. The molecule has 1 aromatic carbocycles. The minimum Gasteiger partial charge on any atom is -0.309 e. The molecule has 0 saturated heterocycles. The zero-order valence-corrected chi connectivity index (χ0v) is 6.73. The fourth-order valence-electron chi connectivity index (χ4n) is 0.858. The lowest BCUT2D eigenvalue weighted by atomic mass is 10.3. The number of likely N-dealkylation sites (N-methyl/N-ethyl adjacent to an activating group) is 1. The lowest BCUT2D eigenvalue weighted by Gasteiger charge is -2.12. The Morgan fingerprint density at radius 1 is 1.33 bits per heavy atom. The first kappa shape index (κ1) is 8.46. The van der Waals surface area contributed by atoms with Crippen molar-refractivity contribution in [2.24, 2.45) is 0 Å². The van der Waals surface area contributed by atoms with Crippen molar-refractivity contribution in [3.8, 4) is 0 Å². The first-order valence-corrected chi connectivity index (χ1v) is 3.53. The maximum atomic E-state index is 10.9. The predicted molar refractivity (Wildman–Crippen MR) is 45.9 cm³/mol. The van der Waals surface area contributed by atoms with Crippen molar-refractivity contribution < 1.29 is 9.59 Å². The van der Waals surface area contributed by atoms with Crippen molar-refractivity contribution in [3.63, 3.8) is 0 Å². The molecule has 0 aliphatic heterocycles. The minimum atomic E-state index is -0.541. The molecule has 0 heterocycles. The van der Waals surface area contributed by atoms with E-state index in [9.17, 15) is 9.59 Å². The van der Waals surface area contributed by atoms with Gasteiger partial charge in [-0.15, -0.1) is 0 Å². The topological polar surface area (TPSA) is 37.4 Å². The van der Waals surface area contributed by atoms with E-state index in [-0.39, 0.29) is 0 Å². The zero-order chi connectivity index (χ0) is 8.97. The average Bonchev–Trinajstić information content (AvgIpc) is 2.17. The highest BCUT2D eigenvalue weighted by molar-refractivity contribution is 6.30. The van der Waals surface area contributed by atoms with E-state index in [4.69, 9.17) is 0 Å². The Balaban J connectivity index is 2.85. The van der Waals surface area contributed by atoms with Crippen molar-refractivity contribution in [2.45, 2.75) is 0 Å². The highest BCUT2D eigenvalue weighted by Gasteiger charge is 2.07. The number of carbonyl (C=O) groups excluding carboxylic acids is 2. The summed E-state index contributed by atoms with van der Waals surface area (Å²) in [4.78, 5) is 22.3. The van der Waals surface area contributed by atoms with Crippen molar-refractivity contribution in [3.05, 3.63) is 30.3 Å². The van der Waals surface area contributed by atoms with Gasteiger partial charge in [0.2, 0.25) is 6.29 Å². The van der Waals surface area contributed by atoms with E-state index >= 15 is 0 Å². The van der Waals surface area contributed by atoms with E-state index in [1.54, 1.807) is 19.2 Å². The van der Waals surface area contributed by atoms with Gasteiger partial charge in [0.15, 0.2) is 0 Å². The smallest absolute Gasteiger partial charge is 0.290 e. The van der Waals surface area contributed by atoms with Crippen LogP contribution in [0.25, 0.3) is 0 Å². The van der Waals surface area contributed by atoms with E-state index in [0.29, 0.717) is 6.29 Å². The molecule has 0 aromatic heterocycles. The van der Waals surface area contributed by atoms with Crippen LogP contribution < -0.4 is 4.90 Å². The molecule has 12 heavy (non-hydrogen) atoms. The van der Waals surface area contributed by atoms with Gasteiger partial charge in [0.1, 0.15) is 0 Å². The number of amides is 1. The predicted octanol–water partition coefficient (Wildman–Crippen LogP) is 0.848. The molecule has 62 valence electrons. The van der Waals surface area contributed by atoms with Gasteiger partial charge >= 0.3 is 0 Å². The highest BCUT2D eigenvalue weighted by Crippen LogP contribution is 2.09. The first-order valence-electron chi connectivity index (χ1n) is 3.53. The normalized spacial score (nSPS) is 9.08. The monoisotopic (exact) mass is 163 g/mol. The third-order valence-electron chi connectivity index (χ3n) is 1.57. The number of hydrogen-bond donors (Lipinski definition) is 0. The van der Waals surface area contributed by atoms with E-state index in [0.717, 1.165) is 5.69 Å². The Morgan fingerprint density at radius 3 is 2.42 bits per heavy atom. The SMILES string of the molecule is CN(C(=O)C=O)c1ccccc1. The summed E-state index contributed by atoms with van der Waals surface area (Å²) in [5.41, 5.74) is 0.717. The number of benzene rings is 1. The van der Waals surface area contributed by atoms with Gasteiger partial charge in [0.05, 0.1) is 0 Å². The third-order valence-corrected chi connectivity index (χ3v) is 1.57. The van der Waals surface area contributed by atoms with Crippen molar-refractivity contribution in [1.82, 2.24) is 0 Å². The molecule has 0 saturated carbocycles. The fraction of sp³-hybridized carbons (Fsp3) is 0.111. The van der Waals surface area contributed by atoms with Crippen LogP contribution in [0.2, 0.25) is 0 Å². The second kappa shape index (κ2) is 3.67. The van der Waals surface area contributed by atoms with Crippen LogP contribution in [0.5, 0.6) is 0 Å². The molecule has 0 N–H and O–H groups in total. The summed E-state index contributed by atoms with van der Waals surface area (Å²) in [6, 6.07) is 9.00. The number of rotatable bonds is 2. The fourth-order valence-corrected chi connectivity index (χ4v) is 0.858. The molecule has 1 amide bonds. The van der Waals surface area contributed by atoms with Crippen molar-refractivity contribution in [2.75, 3.05) is 11.9 Å². The van der Waals surface area contributed by atoms with E-state index in [1.165, 1.54) is 4.90 Å². The van der Waals surface area contributed by atoms with Gasteiger partial charge in [-0.2, -0.15) is 0 Å². The second-order valence-corrected chi connectivity index (χ2v) is 2.35. The molecule has 3 nitrogen and oxygen atoms in total. The molecule has 0 atom stereocenters. The quantitative estimate of drug-likeness (QED) is 0.478. The second-order valence-electron chi connectivity index (χ2n) is 2.35. The number of nitrogens with zero attached hydrogens (tertiary/aromatic N) is 1. The van der Waals surface area contributed by atoms with Crippen LogP contribution in [0.3, 0.4) is 0 Å². The summed E-state index contributed by atoms with van der Waals surface area (Å²) >= 11 is 0. The molecule has 1 rings (SSSR count). The zero-order valence-electron chi connectivity index (χ0n) is 6.73. The van der Waals surface area contributed by atoms with Crippen LogP contribution >= 0.6 is 0 Å². The van der Waals surface area contributed by atoms with Gasteiger partial charge in [-0.25, -0.2) is 0 Å². The van der Waals surface area contributed by atoms with Gasteiger partial charge in [-0.1, -0.05) is 18.2 Å². The Labute approximate surface area is 70.6 Å². The van der Waals surface area contributed by atoms with Crippen LogP contribution in [0.15, 0.2) is 30.3 Å². The van der Waals surface area contributed by atoms with E-state index in [1.807, 2.05) is 18.2 Å². The molecular weight excluding hydrogens is 154 g/mol. The molecule has 0 aliphatic rings. The number of hydrogen-bond acceptors (Lipinski definition) is 2. The maximum absolute atomic E-state index is 10.9. The Morgan fingerprint density at radius 2 is 1.92 bits per heavy atom. The Bertz CT molecular complexity index is 282.